The second kappa shape index (κ2) is 15.1. The summed E-state index contributed by atoms with van der Waals surface area (Å²) >= 11 is 0. The highest BCUT2D eigenvalue weighted by Gasteiger charge is 2.03. The Balaban J connectivity index is 3.24. The molecule has 0 heterocycles. The fraction of sp³-hybridized carbons (Fsp3) is 0.875. The van der Waals surface area contributed by atoms with Crippen molar-refractivity contribution in [1.82, 2.24) is 5.32 Å². The molecule has 0 fully saturated rings. The molecule has 0 aliphatic carbocycles. The summed E-state index contributed by atoms with van der Waals surface area (Å²) in [4.78, 5) is 22.4. The standard InChI is InChI=1S/C16H31NO4/c1-3-5-6-7-11-14-21-15(18)12-9-8-10-13-17-16(19)20-4-2/h3-14H2,1-2H3,(H,17,19). The quantitative estimate of drug-likeness (QED) is 0.415. The van der Waals surface area contributed by atoms with Crippen LogP contribution in [0.4, 0.5) is 4.79 Å². The van der Waals surface area contributed by atoms with Crippen molar-refractivity contribution in [2.45, 2.75) is 71.6 Å². The largest absolute Gasteiger partial charge is 0.466 e. The summed E-state index contributed by atoms with van der Waals surface area (Å²) < 4.78 is 9.91. The third-order valence-electron chi connectivity index (χ3n) is 3.11. The van der Waals surface area contributed by atoms with E-state index >= 15 is 0 Å². The van der Waals surface area contributed by atoms with Gasteiger partial charge in [0.2, 0.25) is 0 Å². The maximum atomic E-state index is 11.4. The fourth-order valence-electron chi connectivity index (χ4n) is 1.91. The summed E-state index contributed by atoms with van der Waals surface area (Å²) in [5, 5.41) is 2.65. The van der Waals surface area contributed by atoms with Crippen molar-refractivity contribution in [1.29, 1.82) is 0 Å². The van der Waals surface area contributed by atoms with Crippen molar-refractivity contribution in [2.24, 2.45) is 0 Å². The van der Waals surface area contributed by atoms with Gasteiger partial charge in [0.25, 0.3) is 0 Å². The van der Waals surface area contributed by atoms with Gasteiger partial charge in [0.15, 0.2) is 0 Å². The molecule has 5 nitrogen and oxygen atoms in total. The summed E-state index contributed by atoms with van der Waals surface area (Å²) in [6, 6.07) is 0. The van der Waals surface area contributed by atoms with Crippen LogP contribution in [-0.2, 0) is 14.3 Å². The van der Waals surface area contributed by atoms with E-state index < -0.39 is 0 Å². The van der Waals surface area contributed by atoms with Crippen LogP contribution >= 0.6 is 0 Å². The van der Waals surface area contributed by atoms with Gasteiger partial charge in [-0.05, 0) is 26.2 Å². The topological polar surface area (TPSA) is 64.6 Å². The number of ether oxygens (including phenoxy) is 2. The normalized spacial score (nSPS) is 10.2. The van der Waals surface area contributed by atoms with Crippen molar-refractivity contribution < 1.29 is 19.1 Å². The average Bonchev–Trinajstić information content (AvgIpc) is 2.46. The first-order valence-electron chi connectivity index (χ1n) is 8.27. The molecule has 1 amide bonds. The van der Waals surface area contributed by atoms with Gasteiger partial charge in [0, 0.05) is 13.0 Å². The number of rotatable bonds is 13. The summed E-state index contributed by atoms with van der Waals surface area (Å²) in [5.74, 6) is -0.108. The number of amides is 1. The van der Waals surface area contributed by atoms with Crippen molar-refractivity contribution in [2.75, 3.05) is 19.8 Å². The van der Waals surface area contributed by atoms with Crippen molar-refractivity contribution in [3.05, 3.63) is 0 Å². The number of carbonyl (C=O) groups excluding carboxylic acids is 2. The van der Waals surface area contributed by atoms with Gasteiger partial charge in [0.1, 0.15) is 0 Å². The monoisotopic (exact) mass is 301 g/mol. The molecular formula is C16H31NO4. The van der Waals surface area contributed by atoms with Crippen LogP contribution in [0.25, 0.3) is 0 Å². The molecule has 0 saturated heterocycles. The number of alkyl carbamates (subject to hydrolysis) is 1. The van der Waals surface area contributed by atoms with E-state index in [9.17, 15) is 9.59 Å². The molecule has 0 atom stereocenters. The second-order valence-electron chi connectivity index (χ2n) is 5.09. The van der Waals surface area contributed by atoms with E-state index in [2.05, 4.69) is 12.2 Å². The van der Waals surface area contributed by atoms with Gasteiger partial charge in [-0.3, -0.25) is 4.79 Å². The molecule has 1 N–H and O–H groups in total. The first kappa shape index (κ1) is 19.7. The summed E-state index contributed by atoms with van der Waals surface area (Å²) in [7, 11) is 0. The highest BCUT2D eigenvalue weighted by molar-refractivity contribution is 5.69. The molecule has 0 saturated carbocycles. The van der Waals surface area contributed by atoms with Crippen LogP contribution in [0.3, 0.4) is 0 Å². The molecule has 0 aliphatic heterocycles. The Hall–Kier alpha value is -1.26. The molecule has 0 spiro atoms. The van der Waals surface area contributed by atoms with Crippen molar-refractivity contribution in [3.63, 3.8) is 0 Å². The number of esters is 1. The maximum Gasteiger partial charge on any atom is 0.407 e. The molecular weight excluding hydrogens is 270 g/mol. The minimum absolute atomic E-state index is 0.108. The Labute approximate surface area is 128 Å². The third-order valence-corrected chi connectivity index (χ3v) is 3.11. The fourth-order valence-corrected chi connectivity index (χ4v) is 1.91. The molecule has 21 heavy (non-hydrogen) atoms. The van der Waals surface area contributed by atoms with Gasteiger partial charge in [-0.2, -0.15) is 0 Å². The van der Waals surface area contributed by atoms with E-state index in [0.717, 1.165) is 32.1 Å². The number of nitrogens with one attached hydrogen (secondary N) is 1. The molecule has 0 bridgehead atoms. The van der Waals surface area contributed by atoms with Crippen molar-refractivity contribution in [3.8, 4) is 0 Å². The van der Waals surface area contributed by atoms with Crippen molar-refractivity contribution >= 4 is 12.1 Å². The Kier molecular flexibility index (Phi) is 14.2. The van der Waals surface area contributed by atoms with E-state index in [1.54, 1.807) is 6.92 Å². The van der Waals surface area contributed by atoms with E-state index in [1.807, 2.05) is 0 Å². The first-order valence-corrected chi connectivity index (χ1v) is 8.27. The molecule has 124 valence electrons. The maximum absolute atomic E-state index is 11.4. The molecule has 0 aromatic heterocycles. The molecule has 0 aliphatic rings. The van der Waals surface area contributed by atoms with Crippen LogP contribution in [0.1, 0.15) is 71.6 Å². The summed E-state index contributed by atoms with van der Waals surface area (Å²) in [5.41, 5.74) is 0. The minimum Gasteiger partial charge on any atom is -0.466 e. The van der Waals surface area contributed by atoms with E-state index in [-0.39, 0.29) is 12.1 Å². The Bertz CT molecular complexity index is 269. The number of unbranched alkanes of at least 4 members (excludes halogenated alkanes) is 6. The molecule has 5 heteroatoms. The van der Waals surface area contributed by atoms with Gasteiger partial charge in [-0.25, -0.2) is 4.79 Å². The van der Waals surface area contributed by atoms with E-state index in [0.29, 0.717) is 26.2 Å². The average molecular weight is 301 g/mol. The Morgan fingerprint density at radius 3 is 2.29 bits per heavy atom. The number of hydrogen-bond acceptors (Lipinski definition) is 4. The zero-order valence-corrected chi connectivity index (χ0v) is 13.6. The van der Waals surface area contributed by atoms with Crippen LogP contribution in [0.5, 0.6) is 0 Å². The van der Waals surface area contributed by atoms with E-state index in [4.69, 9.17) is 9.47 Å². The SMILES string of the molecule is CCCCCCCOC(=O)CCCCCNC(=O)OCC. The highest BCUT2D eigenvalue weighted by Crippen LogP contribution is 2.04. The Morgan fingerprint density at radius 2 is 1.57 bits per heavy atom. The van der Waals surface area contributed by atoms with Gasteiger partial charge < -0.3 is 14.8 Å². The summed E-state index contributed by atoms with van der Waals surface area (Å²) in [6.45, 7) is 5.48. The van der Waals surface area contributed by atoms with Crippen LogP contribution in [0, 0.1) is 0 Å². The predicted molar refractivity (Wildman–Crippen MR) is 83.2 cm³/mol. The van der Waals surface area contributed by atoms with Gasteiger partial charge in [-0.15, -0.1) is 0 Å². The first-order chi connectivity index (χ1) is 10.2. The number of hydrogen-bond donors (Lipinski definition) is 1. The number of carbonyl (C=O) groups is 2. The molecule has 0 rings (SSSR count). The van der Waals surface area contributed by atoms with Crippen LogP contribution < -0.4 is 5.32 Å². The molecule has 0 unspecified atom stereocenters. The second-order valence-corrected chi connectivity index (χ2v) is 5.09. The lowest BCUT2D eigenvalue weighted by Gasteiger charge is -2.06. The predicted octanol–water partition coefficient (Wildman–Crippen LogP) is 3.81. The lowest BCUT2D eigenvalue weighted by Crippen LogP contribution is -2.25. The Morgan fingerprint density at radius 1 is 0.857 bits per heavy atom. The van der Waals surface area contributed by atoms with Crippen LogP contribution in [0.15, 0.2) is 0 Å². The lowest BCUT2D eigenvalue weighted by atomic mass is 10.2. The van der Waals surface area contributed by atoms with Crippen LogP contribution in [-0.4, -0.2) is 31.8 Å². The van der Waals surface area contributed by atoms with Crippen LogP contribution in [0.2, 0.25) is 0 Å². The highest BCUT2D eigenvalue weighted by atomic mass is 16.5. The molecule has 0 radical (unpaired) electrons. The third kappa shape index (κ3) is 15.0. The zero-order valence-electron chi connectivity index (χ0n) is 13.6. The molecule has 0 aromatic carbocycles. The molecule has 0 aromatic rings. The van der Waals surface area contributed by atoms with Gasteiger partial charge >= 0.3 is 12.1 Å². The van der Waals surface area contributed by atoms with Gasteiger partial charge in [0.05, 0.1) is 13.2 Å². The summed E-state index contributed by atoms with van der Waals surface area (Å²) in [6.07, 6.45) is 8.46. The minimum atomic E-state index is -0.375. The zero-order chi connectivity index (χ0) is 15.8. The van der Waals surface area contributed by atoms with E-state index in [1.165, 1.54) is 19.3 Å². The smallest absolute Gasteiger partial charge is 0.407 e. The van der Waals surface area contributed by atoms with Gasteiger partial charge in [-0.1, -0.05) is 39.0 Å². The lowest BCUT2D eigenvalue weighted by molar-refractivity contribution is -0.143.